The fourth-order valence-corrected chi connectivity index (χ4v) is 2.98. The minimum absolute atomic E-state index is 0.115. The number of nitrogens with one attached hydrogen (secondary N) is 2. The molecule has 1 atom stereocenters. The Labute approximate surface area is 134 Å². The molecule has 0 aliphatic heterocycles. The first-order chi connectivity index (χ1) is 11.0. The third-order valence-corrected chi connectivity index (χ3v) is 4.10. The van der Waals surface area contributed by atoms with Crippen LogP contribution in [0.4, 0.5) is 0 Å². The van der Waals surface area contributed by atoms with Crippen molar-refractivity contribution in [1.29, 1.82) is 0 Å². The Bertz CT molecular complexity index is 863. The van der Waals surface area contributed by atoms with Crippen LogP contribution in [0.15, 0.2) is 18.2 Å². The molecule has 1 unspecified atom stereocenters. The predicted molar refractivity (Wildman–Crippen MR) is 87.1 cm³/mol. The third kappa shape index (κ3) is 2.69. The van der Waals surface area contributed by atoms with Gasteiger partial charge >= 0.3 is 0 Å². The minimum atomic E-state index is -0.134. The van der Waals surface area contributed by atoms with Gasteiger partial charge in [-0.15, -0.1) is 0 Å². The molecule has 2 heterocycles. The standard InChI is InChI=1S/C16H20N6O/c1-5-22-11(4)15(10(3)20-22)9(2)17-16(23)12-6-7-13-14(8-12)19-21-18-13/h6-9H,5H2,1-4H3,(H,17,23)(H,18,19,21). The van der Waals surface area contributed by atoms with E-state index in [0.29, 0.717) is 11.1 Å². The number of carbonyl (C=O) groups is 1. The minimum Gasteiger partial charge on any atom is -0.345 e. The molecule has 7 nitrogen and oxygen atoms in total. The summed E-state index contributed by atoms with van der Waals surface area (Å²) in [4.78, 5) is 12.5. The van der Waals surface area contributed by atoms with Gasteiger partial charge in [0.1, 0.15) is 11.0 Å². The van der Waals surface area contributed by atoms with Gasteiger partial charge in [0.25, 0.3) is 5.91 Å². The summed E-state index contributed by atoms with van der Waals surface area (Å²) < 4.78 is 1.95. The molecule has 0 spiro atoms. The van der Waals surface area contributed by atoms with Gasteiger partial charge in [0.05, 0.1) is 11.7 Å². The number of nitrogens with zero attached hydrogens (tertiary/aromatic N) is 4. The Morgan fingerprint density at radius 1 is 1.30 bits per heavy atom. The second-order valence-corrected chi connectivity index (χ2v) is 5.62. The predicted octanol–water partition coefficient (Wildman–Crippen LogP) is 2.28. The van der Waals surface area contributed by atoms with E-state index < -0.39 is 0 Å². The summed E-state index contributed by atoms with van der Waals surface area (Å²) in [6.45, 7) is 8.85. The first-order valence-corrected chi connectivity index (χ1v) is 7.66. The number of amides is 1. The van der Waals surface area contributed by atoms with Crippen molar-refractivity contribution in [2.24, 2.45) is 0 Å². The first kappa shape index (κ1) is 15.2. The fraction of sp³-hybridized carbons (Fsp3) is 0.375. The van der Waals surface area contributed by atoms with Gasteiger partial charge in [-0.05, 0) is 45.9 Å². The van der Waals surface area contributed by atoms with Crippen LogP contribution in [0.25, 0.3) is 11.0 Å². The molecule has 2 aromatic heterocycles. The fourth-order valence-electron chi connectivity index (χ4n) is 2.98. The van der Waals surface area contributed by atoms with Gasteiger partial charge in [-0.25, -0.2) is 0 Å². The van der Waals surface area contributed by atoms with E-state index in [-0.39, 0.29) is 11.9 Å². The van der Waals surface area contributed by atoms with Crippen molar-refractivity contribution in [3.8, 4) is 0 Å². The second-order valence-electron chi connectivity index (χ2n) is 5.62. The SMILES string of the molecule is CCn1nc(C)c(C(C)NC(=O)c2ccc3n[nH]nc3c2)c1C. The summed E-state index contributed by atoms with van der Waals surface area (Å²) in [6.07, 6.45) is 0. The number of fused-ring (bicyclic) bond motifs is 1. The average Bonchev–Trinajstić information content (AvgIpc) is 3.10. The summed E-state index contributed by atoms with van der Waals surface area (Å²) in [5, 5.41) is 18.1. The highest BCUT2D eigenvalue weighted by atomic mass is 16.1. The molecule has 0 aliphatic carbocycles. The highest BCUT2D eigenvalue weighted by Gasteiger charge is 2.19. The van der Waals surface area contributed by atoms with Crippen LogP contribution in [0.3, 0.4) is 0 Å². The van der Waals surface area contributed by atoms with Crippen LogP contribution in [-0.2, 0) is 6.54 Å². The molecule has 0 bridgehead atoms. The number of H-pyrrole nitrogens is 1. The molecule has 0 saturated heterocycles. The maximum Gasteiger partial charge on any atom is 0.251 e. The van der Waals surface area contributed by atoms with Crippen LogP contribution in [0.2, 0.25) is 0 Å². The van der Waals surface area contributed by atoms with Gasteiger partial charge in [0.2, 0.25) is 0 Å². The Morgan fingerprint density at radius 2 is 2.04 bits per heavy atom. The van der Waals surface area contributed by atoms with Gasteiger partial charge < -0.3 is 5.32 Å². The molecular formula is C16H20N6O. The van der Waals surface area contributed by atoms with Gasteiger partial charge in [0.15, 0.2) is 0 Å². The van der Waals surface area contributed by atoms with Crippen molar-refractivity contribution in [3.05, 3.63) is 40.7 Å². The number of aromatic amines is 1. The Balaban J connectivity index is 1.83. The molecule has 23 heavy (non-hydrogen) atoms. The number of carbonyl (C=O) groups excluding carboxylic acids is 1. The highest BCUT2D eigenvalue weighted by molar-refractivity contribution is 5.97. The van der Waals surface area contributed by atoms with Crippen LogP contribution in [0.1, 0.15) is 47.2 Å². The molecular weight excluding hydrogens is 292 g/mol. The lowest BCUT2D eigenvalue weighted by Crippen LogP contribution is -2.27. The molecule has 1 aromatic carbocycles. The van der Waals surface area contributed by atoms with Crippen LogP contribution in [0.5, 0.6) is 0 Å². The highest BCUT2D eigenvalue weighted by Crippen LogP contribution is 2.22. The van der Waals surface area contributed by atoms with E-state index in [1.807, 2.05) is 25.5 Å². The normalized spacial score (nSPS) is 12.5. The van der Waals surface area contributed by atoms with E-state index in [2.05, 4.69) is 32.7 Å². The largest absolute Gasteiger partial charge is 0.345 e. The van der Waals surface area contributed by atoms with Gasteiger partial charge in [-0.2, -0.15) is 20.5 Å². The molecule has 7 heteroatoms. The van der Waals surface area contributed by atoms with Crippen molar-refractivity contribution < 1.29 is 4.79 Å². The molecule has 0 radical (unpaired) electrons. The molecule has 0 aliphatic rings. The van der Waals surface area contributed by atoms with Crippen molar-refractivity contribution in [1.82, 2.24) is 30.5 Å². The topological polar surface area (TPSA) is 88.5 Å². The summed E-state index contributed by atoms with van der Waals surface area (Å²) in [6, 6.07) is 5.15. The quantitative estimate of drug-likeness (QED) is 0.773. The van der Waals surface area contributed by atoms with Gasteiger partial charge in [-0.3, -0.25) is 9.48 Å². The number of rotatable bonds is 4. The van der Waals surface area contributed by atoms with Crippen molar-refractivity contribution >= 4 is 16.9 Å². The van der Waals surface area contributed by atoms with Crippen LogP contribution >= 0.6 is 0 Å². The van der Waals surface area contributed by atoms with Crippen LogP contribution in [-0.4, -0.2) is 31.1 Å². The molecule has 3 aromatic rings. The van der Waals surface area contributed by atoms with E-state index in [9.17, 15) is 4.79 Å². The maximum atomic E-state index is 12.5. The Morgan fingerprint density at radius 3 is 2.74 bits per heavy atom. The lowest BCUT2D eigenvalue weighted by atomic mass is 10.1. The first-order valence-electron chi connectivity index (χ1n) is 7.66. The summed E-state index contributed by atoms with van der Waals surface area (Å²) in [5.41, 5.74) is 5.09. The van der Waals surface area contributed by atoms with Crippen molar-refractivity contribution in [2.45, 2.75) is 40.3 Å². The smallest absolute Gasteiger partial charge is 0.251 e. The number of aryl methyl sites for hydroxylation is 2. The molecule has 0 saturated carbocycles. The summed E-state index contributed by atoms with van der Waals surface area (Å²) >= 11 is 0. The molecule has 1 amide bonds. The van der Waals surface area contributed by atoms with E-state index in [1.54, 1.807) is 18.2 Å². The maximum absolute atomic E-state index is 12.5. The van der Waals surface area contributed by atoms with Crippen molar-refractivity contribution in [2.75, 3.05) is 0 Å². The zero-order chi connectivity index (χ0) is 16.6. The zero-order valence-corrected chi connectivity index (χ0v) is 13.7. The van der Waals surface area contributed by atoms with Gasteiger partial charge in [0, 0.05) is 23.4 Å². The molecule has 2 N–H and O–H groups in total. The number of aromatic nitrogens is 5. The van der Waals surface area contributed by atoms with Crippen LogP contribution < -0.4 is 5.32 Å². The molecule has 0 fully saturated rings. The molecule has 120 valence electrons. The summed E-state index contributed by atoms with van der Waals surface area (Å²) in [7, 11) is 0. The monoisotopic (exact) mass is 312 g/mol. The number of benzene rings is 1. The van der Waals surface area contributed by atoms with E-state index >= 15 is 0 Å². The van der Waals surface area contributed by atoms with Gasteiger partial charge in [-0.1, -0.05) is 0 Å². The van der Waals surface area contributed by atoms with Crippen LogP contribution in [0, 0.1) is 13.8 Å². The zero-order valence-electron chi connectivity index (χ0n) is 13.7. The van der Waals surface area contributed by atoms with E-state index in [1.165, 1.54) is 0 Å². The second kappa shape index (κ2) is 5.83. The lowest BCUT2D eigenvalue weighted by molar-refractivity contribution is 0.0940. The third-order valence-electron chi connectivity index (χ3n) is 4.10. The average molecular weight is 312 g/mol. The van der Waals surface area contributed by atoms with E-state index in [4.69, 9.17) is 0 Å². The summed E-state index contributed by atoms with van der Waals surface area (Å²) in [5.74, 6) is -0.134. The van der Waals surface area contributed by atoms with E-state index in [0.717, 1.165) is 29.0 Å². The Hall–Kier alpha value is -2.70. The van der Waals surface area contributed by atoms with Crippen molar-refractivity contribution in [3.63, 3.8) is 0 Å². The Kier molecular flexibility index (Phi) is 3.85. The number of hydrogen-bond acceptors (Lipinski definition) is 4. The lowest BCUT2D eigenvalue weighted by Gasteiger charge is -2.15. The number of hydrogen-bond donors (Lipinski definition) is 2. The molecule has 3 rings (SSSR count).